The molecule has 1 N–H and O–H groups in total. The van der Waals surface area contributed by atoms with Crippen molar-refractivity contribution in [2.45, 2.75) is 0 Å². The van der Waals surface area contributed by atoms with Crippen LogP contribution < -0.4 is 5.46 Å². The van der Waals surface area contributed by atoms with Crippen molar-refractivity contribution in [3.8, 4) is 0 Å². The van der Waals surface area contributed by atoms with Gasteiger partial charge in [-0.15, -0.1) is 0 Å². The van der Waals surface area contributed by atoms with Crippen LogP contribution in [0.25, 0.3) is 32.6 Å². The summed E-state index contributed by atoms with van der Waals surface area (Å²) < 4.78 is 0. The van der Waals surface area contributed by atoms with Crippen molar-refractivity contribution >= 4 is 45.9 Å². The monoisotopic (exact) mass is 227 g/mol. The Morgan fingerprint density at radius 2 is 1.44 bits per heavy atom. The summed E-state index contributed by atoms with van der Waals surface area (Å²) in [4.78, 5) is 3.46. The number of fused-ring (bicyclic) bond motifs is 5. The van der Waals surface area contributed by atoms with Crippen molar-refractivity contribution in [1.29, 1.82) is 0 Å². The van der Waals surface area contributed by atoms with Gasteiger partial charge >= 0.3 is 0 Å². The number of aromatic nitrogens is 1. The summed E-state index contributed by atoms with van der Waals surface area (Å²) in [5.41, 5.74) is 3.00. The number of hydrogen-bond acceptors (Lipinski definition) is 0. The standard InChI is InChI=1S/C16H10BN/c17-14-7-3-6-12-13-9-8-10-4-1-2-5-11(10)15(13)18-16(12)14/h1-9,18H. The minimum absolute atomic E-state index is 0.799. The molecule has 0 atom stereocenters. The van der Waals surface area contributed by atoms with Crippen LogP contribution in [-0.2, 0) is 0 Å². The molecule has 1 aromatic heterocycles. The second-order valence-corrected chi connectivity index (χ2v) is 4.60. The molecule has 1 heterocycles. The zero-order chi connectivity index (χ0) is 12.1. The number of rotatable bonds is 0. The van der Waals surface area contributed by atoms with Gasteiger partial charge in [0.1, 0.15) is 7.85 Å². The van der Waals surface area contributed by atoms with E-state index in [1.807, 2.05) is 12.1 Å². The highest BCUT2D eigenvalue weighted by Gasteiger charge is 2.07. The number of para-hydroxylation sites is 1. The normalized spacial score (nSPS) is 11.6. The molecule has 2 heteroatoms. The average molecular weight is 227 g/mol. The van der Waals surface area contributed by atoms with Crippen molar-refractivity contribution < 1.29 is 0 Å². The van der Waals surface area contributed by atoms with Gasteiger partial charge in [-0.25, -0.2) is 0 Å². The van der Waals surface area contributed by atoms with E-state index in [0.717, 1.165) is 11.0 Å². The first-order valence-corrected chi connectivity index (χ1v) is 6.02. The van der Waals surface area contributed by atoms with Crippen LogP contribution >= 0.6 is 0 Å². The molecule has 0 bridgehead atoms. The van der Waals surface area contributed by atoms with Crippen LogP contribution in [0.15, 0.2) is 54.6 Å². The van der Waals surface area contributed by atoms with Gasteiger partial charge in [0, 0.05) is 21.7 Å². The Morgan fingerprint density at radius 3 is 2.39 bits per heavy atom. The topological polar surface area (TPSA) is 15.8 Å². The molecule has 1 nitrogen and oxygen atoms in total. The van der Waals surface area contributed by atoms with E-state index in [1.165, 1.54) is 27.1 Å². The summed E-state index contributed by atoms with van der Waals surface area (Å²) >= 11 is 0. The van der Waals surface area contributed by atoms with E-state index in [0.29, 0.717) is 0 Å². The molecule has 2 radical (unpaired) electrons. The number of hydrogen-bond donors (Lipinski definition) is 1. The van der Waals surface area contributed by atoms with Crippen LogP contribution in [0.1, 0.15) is 0 Å². The molecule has 3 aromatic carbocycles. The molecule has 0 aliphatic heterocycles. The maximum Gasteiger partial charge on any atom is 0.116 e. The third kappa shape index (κ3) is 1.18. The predicted octanol–water partition coefficient (Wildman–Crippen LogP) is 3.27. The maximum absolute atomic E-state index is 6.03. The summed E-state index contributed by atoms with van der Waals surface area (Å²) in [6.45, 7) is 0. The molecule has 0 aliphatic rings. The van der Waals surface area contributed by atoms with Gasteiger partial charge < -0.3 is 4.98 Å². The Morgan fingerprint density at radius 1 is 0.667 bits per heavy atom. The number of H-pyrrole nitrogens is 1. The molecule has 0 spiro atoms. The fourth-order valence-corrected chi connectivity index (χ4v) is 2.69. The molecule has 0 saturated carbocycles. The van der Waals surface area contributed by atoms with Crippen LogP contribution in [-0.4, -0.2) is 12.8 Å². The fraction of sp³-hybridized carbons (Fsp3) is 0. The molecule has 0 saturated heterocycles. The highest BCUT2D eigenvalue weighted by atomic mass is 14.7. The van der Waals surface area contributed by atoms with E-state index in [9.17, 15) is 0 Å². The lowest BCUT2D eigenvalue weighted by atomic mass is 9.93. The van der Waals surface area contributed by atoms with Gasteiger partial charge in [0.25, 0.3) is 0 Å². The summed E-state index contributed by atoms with van der Waals surface area (Å²) in [7, 11) is 6.03. The lowest BCUT2D eigenvalue weighted by Crippen LogP contribution is -2.01. The van der Waals surface area contributed by atoms with Gasteiger partial charge in [-0.2, -0.15) is 0 Å². The summed E-state index contributed by atoms with van der Waals surface area (Å²) in [6, 6.07) is 18.8. The lowest BCUT2D eigenvalue weighted by Gasteiger charge is -1.98. The molecule has 0 fully saturated rings. The smallest absolute Gasteiger partial charge is 0.116 e. The van der Waals surface area contributed by atoms with E-state index in [1.54, 1.807) is 0 Å². The first-order valence-electron chi connectivity index (χ1n) is 6.02. The van der Waals surface area contributed by atoms with Crippen LogP contribution in [0.5, 0.6) is 0 Å². The van der Waals surface area contributed by atoms with Crippen LogP contribution in [0, 0.1) is 0 Å². The van der Waals surface area contributed by atoms with Crippen molar-refractivity contribution in [1.82, 2.24) is 4.98 Å². The molecule has 4 aromatic rings. The molecule has 4 rings (SSSR count). The molecule has 0 aliphatic carbocycles. The lowest BCUT2D eigenvalue weighted by molar-refractivity contribution is 1.58. The Balaban J connectivity index is 2.33. The van der Waals surface area contributed by atoms with Gasteiger partial charge in [0.2, 0.25) is 0 Å². The third-order valence-electron chi connectivity index (χ3n) is 3.57. The van der Waals surface area contributed by atoms with E-state index < -0.39 is 0 Å². The molecule has 18 heavy (non-hydrogen) atoms. The van der Waals surface area contributed by atoms with Gasteiger partial charge in [0.15, 0.2) is 0 Å². The minimum atomic E-state index is 0.799. The molecule has 0 unspecified atom stereocenters. The first-order chi connectivity index (χ1) is 8.84. The SMILES string of the molecule is [B]c1cccc2c1[nH]c1c3ccccc3ccc21. The Bertz CT molecular complexity index is 889. The third-order valence-corrected chi connectivity index (χ3v) is 3.57. The second kappa shape index (κ2) is 3.39. The Hall–Kier alpha value is -2.22. The first kappa shape index (κ1) is 9.78. The molecule has 82 valence electrons. The highest BCUT2D eigenvalue weighted by molar-refractivity contribution is 6.40. The van der Waals surface area contributed by atoms with Crippen molar-refractivity contribution in [2.75, 3.05) is 0 Å². The minimum Gasteiger partial charge on any atom is -0.354 e. The fourth-order valence-electron chi connectivity index (χ4n) is 2.69. The molecule has 0 amide bonds. The highest BCUT2D eigenvalue weighted by Crippen LogP contribution is 2.30. The number of aromatic amines is 1. The zero-order valence-electron chi connectivity index (χ0n) is 9.77. The van der Waals surface area contributed by atoms with Gasteiger partial charge in [0.05, 0.1) is 5.52 Å². The Labute approximate surface area is 106 Å². The molecular formula is C16H10BN. The van der Waals surface area contributed by atoms with Gasteiger partial charge in [-0.1, -0.05) is 60.1 Å². The van der Waals surface area contributed by atoms with Crippen molar-refractivity contribution in [2.24, 2.45) is 0 Å². The van der Waals surface area contributed by atoms with Crippen LogP contribution in [0.3, 0.4) is 0 Å². The van der Waals surface area contributed by atoms with Crippen molar-refractivity contribution in [3.63, 3.8) is 0 Å². The van der Waals surface area contributed by atoms with Crippen LogP contribution in [0.4, 0.5) is 0 Å². The van der Waals surface area contributed by atoms with Gasteiger partial charge in [-0.3, -0.25) is 0 Å². The second-order valence-electron chi connectivity index (χ2n) is 4.60. The van der Waals surface area contributed by atoms with Crippen molar-refractivity contribution in [3.05, 3.63) is 54.6 Å². The van der Waals surface area contributed by atoms with E-state index in [4.69, 9.17) is 7.85 Å². The van der Waals surface area contributed by atoms with Gasteiger partial charge in [-0.05, 0) is 5.39 Å². The van der Waals surface area contributed by atoms with E-state index in [2.05, 4.69) is 47.4 Å². The van der Waals surface area contributed by atoms with Crippen LogP contribution in [0.2, 0.25) is 0 Å². The Kier molecular flexibility index (Phi) is 1.84. The largest absolute Gasteiger partial charge is 0.354 e. The predicted molar refractivity (Wildman–Crippen MR) is 78.7 cm³/mol. The van der Waals surface area contributed by atoms with E-state index >= 15 is 0 Å². The summed E-state index contributed by atoms with van der Waals surface area (Å²) in [5.74, 6) is 0. The zero-order valence-corrected chi connectivity index (χ0v) is 9.77. The number of benzene rings is 3. The van der Waals surface area contributed by atoms with E-state index in [-0.39, 0.29) is 0 Å². The summed E-state index contributed by atoms with van der Waals surface area (Å²) in [5, 5.41) is 4.91. The summed E-state index contributed by atoms with van der Waals surface area (Å²) in [6.07, 6.45) is 0. The number of nitrogens with one attached hydrogen (secondary N) is 1. The quantitative estimate of drug-likeness (QED) is 0.444. The maximum atomic E-state index is 6.03. The average Bonchev–Trinajstić information content (AvgIpc) is 2.79. The molecular weight excluding hydrogens is 217 g/mol.